The van der Waals surface area contributed by atoms with Crippen LogP contribution in [-0.4, -0.2) is 13.1 Å². The number of hydrogen-bond acceptors (Lipinski definition) is 3. The zero-order valence-corrected chi connectivity index (χ0v) is 12.2. The van der Waals surface area contributed by atoms with E-state index in [1.807, 2.05) is 7.05 Å². The van der Waals surface area contributed by atoms with Crippen molar-refractivity contribution < 1.29 is 4.42 Å². The maximum absolute atomic E-state index is 5.70. The molecule has 1 unspecified atom stereocenters. The van der Waals surface area contributed by atoms with Crippen LogP contribution in [0.15, 0.2) is 41.0 Å². The number of aryl methyl sites for hydroxylation is 1. The van der Waals surface area contributed by atoms with Gasteiger partial charge in [0, 0.05) is 23.8 Å². The quantitative estimate of drug-likeness (QED) is 0.923. The number of benzene rings is 1. The molecule has 106 valence electrons. The van der Waals surface area contributed by atoms with Crippen molar-refractivity contribution in [3.05, 3.63) is 53.5 Å². The van der Waals surface area contributed by atoms with E-state index in [0.717, 1.165) is 18.8 Å². The van der Waals surface area contributed by atoms with Crippen LogP contribution in [0.3, 0.4) is 0 Å². The van der Waals surface area contributed by atoms with Gasteiger partial charge in [0.05, 0.1) is 12.8 Å². The molecule has 0 saturated carbocycles. The minimum atomic E-state index is 0.553. The average Bonchev–Trinajstić information content (AvgIpc) is 2.90. The molecule has 0 saturated heterocycles. The molecule has 0 bridgehead atoms. The highest BCUT2D eigenvalue weighted by Gasteiger charge is 2.24. The molecular weight excluding hydrogens is 248 g/mol. The summed E-state index contributed by atoms with van der Waals surface area (Å²) < 4.78 is 5.70. The molecule has 1 aromatic carbocycles. The van der Waals surface area contributed by atoms with E-state index in [-0.39, 0.29) is 0 Å². The summed E-state index contributed by atoms with van der Waals surface area (Å²) in [4.78, 5) is 2.47. The summed E-state index contributed by atoms with van der Waals surface area (Å²) in [5.41, 5.74) is 4.06. The van der Waals surface area contributed by atoms with Crippen LogP contribution < -0.4 is 10.2 Å². The third-order valence-electron chi connectivity index (χ3n) is 4.18. The maximum atomic E-state index is 5.70. The standard InChI is InChI=1S/C17H22N2O/c1-13-7-8-14-5-3-4-6-16(14)19(13)12-17-15(11-18-2)9-10-20-17/h3-6,9-10,13,18H,7-8,11-12H2,1-2H3. The second kappa shape index (κ2) is 5.71. The zero-order valence-electron chi connectivity index (χ0n) is 12.2. The Kier molecular flexibility index (Phi) is 3.79. The molecule has 1 N–H and O–H groups in total. The van der Waals surface area contributed by atoms with Gasteiger partial charge in [0.25, 0.3) is 0 Å². The van der Waals surface area contributed by atoms with Gasteiger partial charge in [-0.2, -0.15) is 0 Å². The highest BCUT2D eigenvalue weighted by molar-refractivity contribution is 5.56. The predicted molar refractivity (Wildman–Crippen MR) is 81.9 cm³/mol. The van der Waals surface area contributed by atoms with Crippen LogP contribution in [0.2, 0.25) is 0 Å². The molecule has 0 amide bonds. The van der Waals surface area contributed by atoms with Crippen LogP contribution in [0, 0.1) is 0 Å². The van der Waals surface area contributed by atoms with Crippen LogP contribution in [0.1, 0.15) is 30.2 Å². The second-order valence-electron chi connectivity index (χ2n) is 5.54. The molecule has 1 aromatic heterocycles. The normalized spacial score (nSPS) is 18.1. The van der Waals surface area contributed by atoms with Crippen molar-refractivity contribution in [2.75, 3.05) is 11.9 Å². The molecule has 0 fully saturated rings. The molecular formula is C17H22N2O. The van der Waals surface area contributed by atoms with Crippen molar-refractivity contribution in [1.82, 2.24) is 5.32 Å². The van der Waals surface area contributed by atoms with E-state index in [4.69, 9.17) is 4.42 Å². The number of furan rings is 1. The first kappa shape index (κ1) is 13.3. The Hall–Kier alpha value is -1.74. The molecule has 3 rings (SSSR count). The summed E-state index contributed by atoms with van der Waals surface area (Å²) in [7, 11) is 1.97. The van der Waals surface area contributed by atoms with Crippen molar-refractivity contribution in [3.8, 4) is 0 Å². The molecule has 3 heteroatoms. The summed E-state index contributed by atoms with van der Waals surface area (Å²) >= 11 is 0. The molecule has 1 aliphatic heterocycles. The van der Waals surface area contributed by atoms with Gasteiger partial charge in [-0.25, -0.2) is 0 Å². The van der Waals surface area contributed by atoms with E-state index in [9.17, 15) is 0 Å². The molecule has 2 heterocycles. The fraction of sp³-hybridized carbons (Fsp3) is 0.412. The van der Waals surface area contributed by atoms with Crippen LogP contribution >= 0.6 is 0 Å². The summed E-state index contributed by atoms with van der Waals surface area (Å²) in [6.07, 6.45) is 4.18. The van der Waals surface area contributed by atoms with Crippen LogP contribution in [-0.2, 0) is 19.5 Å². The number of nitrogens with one attached hydrogen (secondary N) is 1. The third-order valence-corrected chi connectivity index (χ3v) is 4.18. The topological polar surface area (TPSA) is 28.4 Å². The molecule has 3 nitrogen and oxygen atoms in total. The highest BCUT2D eigenvalue weighted by Crippen LogP contribution is 2.32. The van der Waals surface area contributed by atoms with Crippen molar-refractivity contribution in [2.24, 2.45) is 0 Å². The van der Waals surface area contributed by atoms with Gasteiger partial charge in [-0.3, -0.25) is 0 Å². The SMILES string of the molecule is CNCc1ccoc1CN1c2ccccc2CCC1C. The lowest BCUT2D eigenvalue weighted by Gasteiger charge is -2.36. The van der Waals surface area contributed by atoms with Crippen LogP contribution in [0.5, 0.6) is 0 Å². The van der Waals surface area contributed by atoms with Crippen molar-refractivity contribution in [3.63, 3.8) is 0 Å². The maximum Gasteiger partial charge on any atom is 0.127 e. The molecule has 1 atom stereocenters. The van der Waals surface area contributed by atoms with Gasteiger partial charge >= 0.3 is 0 Å². The lowest BCUT2D eigenvalue weighted by atomic mass is 9.96. The van der Waals surface area contributed by atoms with E-state index in [1.54, 1.807) is 6.26 Å². The number of para-hydroxylation sites is 1. The fourth-order valence-electron chi connectivity index (χ4n) is 3.01. The second-order valence-corrected chi connectivity index (χ2v) is 5.54. The summed E-state index contributed by atoms with van der Waals surface area (Å²) in [5, 5.41) is 3.20. The lowest BCUT2D eigenvalue weighted by Crippen LogP contribution is -2.36. The molecule has 0 spiro atoms. The molecule has 0 aliphatic carbocycles. The predicted octanol–water partition coefficient (Wildman–Crippen LogP) is 3.34. The van der Waals surface area contributed by atoms with Gasteiger partial charge in [0.15, 0.2) is 0 Å². The number of rotatable bonds is 4. The Morgan fingerprint density at radius 1 is 1.30 bits per heavy atom. The first-order valence-electron chi connectivity index (χ1n) is 7.34. The van der Waals surface area contributed by atoms with Gasteiger partial charge in [-0.15, -0.1) is 0 Å². The highest BCUT2D eigenvalue weighted by atomic mass is 16.3. The minimum absolute atomic E-state index is 0.553. The summed E-state index contributed by atoms with van der Waals surface area (Å²) in [6.45, 7) is 4.01. The Bertz CT molecular complexity index is 576. The number of nitrogens with zero attached hydrogens (tertiary/aromatic N) is 1. The number of fused-ring (bicyclic) bond motifs is 1. The summed E-state index contributed by atoms with van der Waals surface area (Å²) in [5.74, 6) is 1.07. The Morgan fingerprint density at radius 2 is 2.15 bits per heavy atom. The van der Waals surface area contributed by atoms with Crippen molar-refractivity contribution >= 4 is 5.69 Å². The molecule has 2 aromatic rings. The van der Waals surface area contributed by atoms with E-state index >= 15 is 0 Å². The van der Waals surface area contributed by atoms with Crippen molar-refractivity contribution in [1.29, 1.82) is 0 Å². The fourth-order valence-corrected chi connectivity index (χ4v) is 3.01. The zero-order chi connectivity index (χ0) is 13.9. The van der Waals surface area contributed by atoms with Gasteiger partial charge in [-0.05, 0) is 44.5 Å². The lowest BCUT2D eigenvalue weighted by molar-refractivity contribution is 0.469. The van der Waals surface area contributed by atoms with Crippen LogP contribution in [0.4, 0.5) is 5.69 Å². The average molecular weight is 270 g/mol. The Morgan fingerprint density at radius 3 is 3.00 bits per heavy atom. The van der Waals surface area contributed by atoms with Gasteiger partial charge in [0.2, 0.25) is 0 Å². The molecule has 1 aliphatic rings. The van der Waals surface area contributed by atoms with Crippen molar-refractivity contribution in [2.45, 2.75) is 38.9 Å². The molecule has 20 heavy (non-hydrogen) atoms. The molecule has 0 radical (unpaired) electrons. The van der Waals surface area contributed by atoms with Gasteiger partial charge in [-0.1, -0.05) is 18.2 Å². The van der Waals surface area contributed by atoms with E-state index in [0.29, 0.717) is 6.04 Å². The number of anilines is 1. The van der Waals surface area contributed by atoms with E-state index < -0.39 is 0 Å². The Labute approximate surface area is 120 Å². The third kappa shape index (κ3) is 2.46. The number of hydrogen-bond donors (Lipinski definition) is 1. The monoisotopic (exact) mass is 270 g/mol. The smallest absolute Gasteiger partial charge is 0.127 e. The minimum Gasteiger partial charge on any atom is -0.467 e. The summed E-state index contributed by atoms with van der Waals surface area (Å²) in [6, 6.07) is 11.3. The van der Waals surface area contributed by atoms with E-state index in [2.05, 4.69) is 47.5 Å². The first-order valence-corrected chi connectivity index (χ1v) is 7.34. The Balaban J connectivity index is 1.88. The largest absolute Gasteiger partial charge is 0.467 e. The van der Waals surface area contributed by atoms with Crippen LogP contribution in [0.25, 0.3) is 0 Å². The first-order chi connectivity index (χ1) is 9.79. The van der Waals surface area contributed by atoms with Gasteiger partial charge in [0.1, 0.15) is 5.76 Å². The van der Waals surface area contributed by atoms with E-state index in [1.165, 1.54) is 29.7 Å². The van der Waals surface area contributed by atoms with Gasteiger partial charge < -0.3 is 14.6 Å².